The smallest absolute Gasteiger partial charge is 0.417 e. The lowest BCUT2D eigenvalue weighted by Crippen LogP contribution is -2.68. The maximum atomic E-state index is 14.9. The summed E-state index contributed by atoms with van der Waals surface area (Å²) in [6.07, 6.45) is 0.846. The van der Waals surface area contributed by atoms with E-state index in [9.17, 15) is 47.4 Å². The number of halogens is 4. The van der Waals surface area contributed by atoms with E-state index >= 15 is 0 Å². The van der Waals surface area contributed by atoms with E-state index in [0.29, 0.717) is 42.9 Å². The van der Waals surface area contributed by atoms with E-state index in [1.54, 1.807) is 47.5 Å². The molecular weight excluding hydrogens is 976 g/mol. The number of benzene rings is 1. The van der Waals surface area contributed by atoms with Gasteiger partial charge >= 0.3 is 24.1 Å². The Morgan fingerprint density at radius 3 is 2.29 bits per heavy atom. The fourth-order valence-electron chi connectivity index (χ4n) is 8.20. The number of pyridine rings is 1. The number of aliphatic carboxylic acids is 1. The number of carbonyl (C=O) groups excluding carboxylic acids is 4. The number of carboxylic acids is 1. The fraction of sp³-hybridized carbons (Fsp3) is 0.592. The number of hydrogen-bond donors (Lipinski definition) is 2. The molecule has 1 aromatic carbocycles. The number of hydrogen-bond acceptors (Lipinski definition) is 12. The topological polar surface area (TPSA) is 182 Å². The first kappa shape index (κ1) is 57.6. The lowest BCUT2D eigenvalue weighted by Gasteiger charge is -2.51. The second kappa shape index (κ2) is 26.3. The van der Waals surface area contributed by atoms with Gasteiger partial charge in [-0.05, 0) is 70.1 Å². The van der Waals surface area contributed by atoms with Gasteiger partial charge in [0.25, 0.3) is 11.8 Å². The molecule has 3 aliphatic heterocycles. The van der Waals surface area contributed by atoms with Crippen molar-refractivity contribution in [1.29, 1.82) is 0 Å². The first-order valence-corrected chi connectivity index (χ1v) is 24.6. The zero-order valence-electron chi connectivity index (χ0n) is 38.9. The number of aromatic nitrogens is 1. The summed E-state index contributed by atoms with van der Waals surface area (Å²) < 4.78 is 63.8. The number of alkyl halides is 4. The van der Waals surface area contributed by atoms with Gasteiger partial charge in [0, 0.05) is 59.6 Å². The monoisotopic (exact) mass is 1040 g/mol. The number of carbonyl (C=O) groups is 5. The van der Waals surface area contributed by atoms with Gasteiger partial charge in [-0.25, -0.2) is 0 Å². The number of ether oxygens (including phenoxy) is 4. The van der Waals surface area contributed by atoms with E-state index in [1.807, 2.05) is 27.7 Å². The molecule has 378 valence electrons. The number of esters is 2. The summed E-state index contributed by atoms with van der Waals surface area (Å²) in [6, 6.07) is 8.71. The molecule has 0 aliphatic carbocycles. The summed E-state index contributed by atoms with van der Waals surface area (Å²) in [4.78, 5) is 69.0. The van der Waals surface area contributed by atoms with Crippen molar-refractivity contribution in [3.8, 4) is 11.5 Å². The standard InChI is InChI=1S/C37H44F3N3O7S.C6H11BrO2.C5H8O2.CH4/c1-4-8-31-36(50-26-21-25(3)51-23-26,13-7-17-43(31)32(44)27-22-41-16-11-28(27)37(38,39)40)34(47)42-18-14-35(48,15-19-42)29-9-5-6-10-30(29)49-20-12-24(2)33(45)46;1-5(3-4-7)6(8)9-2;1-4-2-3-7-5(4)6;/h5-6,9-11,16,21-24,31,48H,4,7-8,12-15,17-20H2,1-3H3,(H,45,46);5H,3-4H2,1-2H3;4H,2-3H2,1H3;1H4/t24?,31-,36+;;;/m1.../s1. The number of aliphatic hydroxyl groups is 1. The average molecular weight is 1040 g/mol. The minimum Gasteiger partial charge on any atom is -0.493 e. The number of thiophene rings is 1. The molecule has 0 spiro atoms. The number of methoxy groups -OCH3 is 1. The van der Waals surface area contributed by atoms with E-state index in [-0.39, 0.29) is 83.1 Å². The molecule has 3 aromatic rings. The van der Waals surface area contributed by atoms with Crippen LogP contribution in [0.15, 0.2) is 54.2 Å². The minimum atomic E-state index is -4.78. The number of likely N-dealkylation sites (tertiary alicyclic amines) is 2. The number of piperidine rings is 2. The van der Waals surface area contributed by atoms with Crippen molar-refractivity contribution in [2.45, 2.75) is 123 Å². The minimum absolute atomic E-state index is 0. The van der Waals surface area contributed by atoms with Crippen molar-refractivity contribution in [3.63, 3.8) is 0 Å². The van der Waals surface area contributed by atoms with Gasteiger partial charge in [-0.1, -0.05) is 75.7 Å². The number of nitrogens with zero attached hydrogens (tertiary/aromatic N) is 3. The number of carboxylic acid groups (broad SMARTS) is 1. The zero-order chi connectivity index (χ0) is 49.5. The first-order valence-electron chi connectivity index (χ1n) is 22.6. The Hall–Kier alpha value is -4.75. The van der Waals surface area contributed by atoms with Crippen molar-refractivity contribution >= 4 is 57.0 Å². The molecule has 19 heteroatoms. The van der Waals surface area contributed by atoms with Gasteiger partial charge in [-0.2, -0.15) is 13.2 Å². The maximum absolute atomic E-state index is 14.9. The Kier molecular flexibility index (Phi) is 22.3. The van der Waals surface area contributed by atoms with Crippen LogP contribution in [0.3, 0.4) is 0 Å². The maximum Gasteiger partial charge on any atom is 0.417 e. The van der Waals surface area contributed by atoms with Crippen LogP contribution in [0.4, 0.5) is 13.2 Å². The number of rotatable bonds is 15. The number of aryl methyl sites for hydroxylation is 1. The Balaban J connectivity index is 0.000000610. The third-order valence-corrected chi connectivity index (χ3v) is 13.5. The van der Waals surface area contributed by atoms with Crippen LogP contribution in [0, 0.1) is 24.7 Å². The lowest BCUT2D eigenvalue weighted by atomic mass is 9.78. The molecule has 5 atom stereocenters. The molecule has 0 radical (unpaired) electrons. The highest BCUT2D eigenvalue weighted by Gasteiger charge is 2.56. The zero-order valence-corrected chi connectivity index (χ0v) is 41.3. The van der Waals surface area contributed by atoms with E-state index < -0.39 is 58.2 Å². The molecule has 68 heavy (non-hydrogen) atoms. The van der Waals surface area contributed by atoms with E-state index in [2.05, 4.69) is 30.4 Å². The molecule has 3 aliphatic rings. The van der Waals surface area contributed by atoms with Gasteiger partial charge in [0.2, 0.25) is 5.60 Å². The Labute approximate surface area is 410 Å². The quantitative estimate of drug-likeness (QED) is 0.109. The van der Waals surface area contributed by atoms with Crippen LogP contribution < -0.4 is 9.47 Å². The molecule has 3 unspecified atom stereocenters. The largest absolute Gasteiger partial charge is 0.493 e. The van der Waals surface area contributed by atoms with Crippen molar-refractivity contribution in [1.82, 2.24) is 14.8 Å². The lowest BCUT2D eigenvalue weighted by molar-refractivity contribution is -0.163. The molecule has 5 heterocycles. The Morgan fingerprint density at radius 1 is 1.06 bits per heavy atom. The molecule has 0 saturated carbocycles. The van der Waals surface area contributed by atoms with Crippen LogP contribution in [-0.2, 0) is 40.4 Å². The Bertz CT molecular complexity index is 2130. The van der Waals surface area contributed by atoms with Gasteiger partial charge in [0.15, 0.2) is 0 Å². The van der Waals surface area contributed by atoms with Crippen LogP contribution in [-0.4, -0.2) is 112 Å². The van der Waals surface area contributed by atoms with Crippen molar-refractivity contribution in [3.05, 3.63) is 75.7 Å². The van der Waals surface area contributed by atoms with Crippen LogP contribution >= 0.6 is 27.3 Å². The van der Waals surface area contributed by atoms with E-state index in [0.717, 1.165) is 41.5 Å². The predicted octanol–water partition coefficient (Wildman–Crippen LogP) is 9.48. The molecule has 3 fully saturated rings. The van der Waals surface area contributed by atoms with Crippen LogP contribution in [0.25, 0.3) is 0 Å². The van der Waals surface area contributed by atoms with Gasteiger partial charge in [0.05, 0.1) is 60.8 Å². The highest BCUT2D eigenvalue weighted by molar-refractivity contribution is 9.09. The van der Waals surface area contributed by atoms with Gasteiger partial charge < -0.3 is 39.0 Å². The summed E-state index contributed by atoms with van der Waals surface area (Å²) in [7, 11) is 1.41. The third-order valence-electron chi connectivity index (χ3n) is 12.2. The van der Waals surface area contributed by atoms with Crippen molar-refractivity contribution in [2.75, 3.05) is 45.3 Å². The molecule has 2 aromatic heterocycles. The normalized spacial score (nSPS) is 20.7. The Morgan fingerprint density at radius 2 is 1.75 bits per heavy atom. The van der Waals surface area contributed by atoms with Gasteiger partial charge in [0.1, 0.15) is 11.5 Å². The van der Waals surface area contributed by atoms with Gasteiger partial charge in [-0.3, -0.25) is 29.0 Å². The van der Waals surface area contributed by atoms with Crippen molar-refractivity contribution in [2.24, 2.45) is 17.8 Å². The summed E-state index contributed by atoms with van der Waals surface area (Å²) in [5.41, 5.74) is -4.09. The summed E-state index contributed by atoms with van der Waals surface area (Å²) in [5.74, 6) is -1.90. The first-order chi connectivity index (χ1) is 31.7. The molecule has 6 rings (SSSR count). The second-order valence-corrected chi connectivity index (χ2v) is 19.1. The number of amides is 2. The third kappa shape index (κ3) is 14.9. The molecule has 2 N–H and O–H groups in total. The summed E-state index contributed by atoms with van der Waals surface area (Å²) in [6.45, 7) is 10.3. The summed E-state index contributed by atoms with van der Waals surface area (Å²) in [5, 5.41) is 23.8. The molecule has 14 nitrogen and oxygen atoms in total. The highest BCUT2D eigenvalue weighted by atomic mass is 79.9. The number of para-hydroxylation sites is 1. The van der Waals surface area contributed by atoms with Crippen LogP contribution in [0.5, 0.6) is 11.5 Å². The second-order valence-electron chi connectivity index (χ2n) is 17.2. The number of cyclic esters (lactones) is 1. The van der Waals surface area contributed by atoms with E-state index in [4.69, 9.17) is 9.47 Å². The SMILES string of the molecule is C.CC1CCOC1=O.CCC[C@H]1N(C(=O)c2cnccc2C(F)(F)F)CCC[C@@]1(Oc1csc(C)c1)C(=O)N1CCC(O)(c2ccccc2OCCC(C)C(=O)O)CC1.COC(=O)C(C)CCBr. The van der Waals surface area contributed by atoms with Crippen molar-refractivity contribution < 1.29 is 66.3 Å². The molecule has 3 saturated heterocycles. The van der Waals surface area contributed by atoms with Crippen LogP contribution in [0.1, 0.15) is 119 Å². The van der Waals surface area contributed by atoms with Gasteiger partial charge in [-0.15, -0.1) is 11.3 Å². The molecule has 2 amide bonds. The molecule has 0 bridgehead atoms. The van der Waals surface area contributed by atoms with E-state index in [1.165, 1.54) is 23.3 Å². The average Bonchev–Trinajstić information content (AvgIpc) is 3.90. The fourth-order valence-corrected chi connectivity index (χ4v) is 9.48. The predicted molar refractivity (Wildman–Crippen MR) is 255 cm³/mol. The summed E-state index contributed by atoms with van der Waals surface area (Å²) >= 11 is 4.67. The highest BCUT2D eigenvalue weighted by Crippen LogP contribution is 2.43. The van der Waals surface area contributed by atoms with Crippen LogP contribution in [0.2, 0.25) is 0 Å². The molecular formula is C49H67BrF3N3O11S.